The van der Waals surface area contributed by atoms with Crippen LogP contribution in [0.1, 0.15) is 50.5 Å². The van der Waals surface area contributed by atoms with E-state index in [1.54, 1.807) is 7.11 Å². The van der Waals surface area contributed by atoms with Gasteiger partial charge in [-0.2, -0.15) is 9.97 Å². The van der Waals surface area contributed by atoms with Gasteiger partial charge in [0.25, 0.3) is 0 Å². The molecule has 0 bridgehead atoms. The summed E-state index contributed by atoms with van der Waals surface area (Å²) in [5, 5.41) is 6.96. The van der Waals surface area contributed by atoms with Gasteiger partial charge in [0.1, 0.15) is 11.6 Å². The first-order chi connectivity index (χ1) is 15.1. The Hall–Kier alpha value is -2.48. The fourth-order valence-corrected chi connectivity index (χ4v) is 4.84. The highest BCUT2D eigenvalue weighted by Gasteiger charge is 2.35. The molecule has 166 valence electrons. The molecule has 0 atom stereocenters. The maximum absolute atomic E-state index is 13.4. The van der Waals surface area contributed by atoms with Crippen LogP contribution in [0.2, 0.25) is 0 Å². The molecule has 0 spiro atoms. The number of hydrogen-bond acceptors (Lipinski definition) is 5. The zero-order valence-electron chi connectivity index (χ0n) is 18.0. The first-order valence-corrected chi connectivity index (χ1v) is 11.5. The molecule has 1 aromatic heterocycles. The Morgan fingerprint density at radius 3 is 2.48 bits per heavy atom. The lowest BCUT2D eigenvalue weighted by Crippen LogP contribution is -2.41. The van der Waals surface area contributed by atoms with Crippen LogP contribution in [0, 0.1) is 5.82 Å². The van der Waals surface area contributed by atoms with Crippen LogP contribution in [0.4, 0.5) is 16.2 Å². The predicted octanol–water partition coefficient (Wildman–Crippen LogP) is 4.41. The highest BCUT2D eigenvalue weighted by atomic mass is 32.1. The average Bonchev–Trinajstić information content (AvgIpc) is 3.29. The Balaban J connectivity index is 1.43. The van der Waals surface area contributed by atoms with Gasteiger partial charge < -0.3 is 20.3 Å². The van der Waals surface area contributed by atoms with E-state index in [0.717, 1.165) is 50.2 Å². The predicted molar refractivity (Wildman–Crippen MR) is 125 cm³/mol. The van der Waals surface area contributed by atoms with Gasteiger partial charge in [-0.15, -0.1) is 0 Å². The molecule has 2 aromatic rings. The SMILES string of the molecule is COc1cc(N2CCCCC2)nc(NC(=S)NCC2(c3ccc(F)cc3)CCCC2)n1. The molecule has 2 aliphatic rings. The van der Waals surface area contributed by atoms with Crippen molar-refractivity contribution in [2.75, 3.05) is 37.0 Å². The van der Waals surface area contributed by atoms with Gasteiger partial charge in [0.05, 0.1) is 7.11 Å². The van der Waals surface area contributed by atoms with Gasteiger partial charge in [-0.1, -0.05) is 25.0 Å². The van der Waals surface area contributed by atoms with Crippen molar-refractivity contribution in [3.8, 4) is 5.88 Å². The van der Waals surface area contributed by atoms with Gasteiger partial charge in [-0.05, 0) is 62.0 Å². The van der Waals surface area contributed by atoms with Crippen molar-refractivity contribution < 1.29 is 9.13 Å². The minimum atomic E-state index is -0.207. The maximum atomic E-state index is 13.4. The second kappa shape index (κ2) is 9.77. The third kappa shape index (κ3) is 5.23. The van der Waals surface area contributed by atoms with E-state index in [9.17, 15) is 4.39 Å². The lowest BCUT2D eigenvalue weighted by molar-refractivity contribution is 0.397. The van der Waals surface area contributed by atoms with E-state index >= 15 is 0 Å². The van der Waals surface area contributed by atoms with E-state index in [1.807, 2.05) is 18.2 Å². The average molecular weight is 444 g/mol. The van der Waals surface area contributed by atoms with E-state index in [2.05, 4.69) is 25.5 Å². The fraction of sp³-hybridized carbons (Fsp3) is 0.522. The van der Waals surface area contributed by atoms with Crippen molar-refractivity contribution >= 4 is 29.1 Å². The Morgan fingerprint density at radius 1 is 1.10 bits per heavy atom. The molecule has 0 unspecified atom stereocenters. The van der Waals surface area contributed by atoms with Crippen molar-refractivity contribution in [2.45, 2.75) is 50.4 Å². The first kappa shape index (κ1) is 21.7. The third-order valence-electron chi connectivity index (χ3n) is 6.41. The standard InChI is InChI=1S/C23H30FN5OS/c1-30-20-15-19(29-13-5-2-6-14-29)26-21(27-20)28-22(31)25-16-23(11-3-4-12-23)17-7-9-18(24)10-8-17/h7-10,15H,2-6,11-14,16H2,1H3,(H2,25,26,27,28,31). The molecule has 6 nitrogen and oxygen atoms in total. The molecular weight excluding hydrogens is 413 g/mol. The molecule has 8 heteroatoms. The van der Waals surface area contributed by atoms with Crippen molar-refractivity contribution in [3.63, 3.8) is 0 Å². The largest absolute Gasteiger partial charge is 0.481 e. The van der Waals surface area contributed by atoms with E-state index in [-0.39, 0.29) is 11.2 Å². The summed E-state index contributed by atoms with van der Waals surface area (Å²) in [7, 11) is 1.61. The Morgan fingerprint density at radius 2 is 1.81 bits per heavy atom. The maximum Gasteiger partial charge on any atom is 0.234 e. The number of methoxy groups -OCH3 is 1. The molecule has 1 aliphatic heterocycles. The van der Waals surface area contributed by atoms with E-state index in [4.69, 9.17) is 17.0 Å². The Labute approximate surface area is 188 Å². The normalized spacial score (nSPS) is 17.9. The number of thiocarbonyl (C=S) groups is 1. The van der Waals surface area contributed by atoms with Crippen molar-refractivity contribution in [2.24, 2.45) is 0 Å². The Kier molecular flexibility index (Phi) is 6.85. The molecule has 0 radical (unpaired) electrons. The summed E-state index contributed by atoms with van der Waals surface area (Å²) in [6.07, 6.45) is 8.04. The Bertz CT molecular complexity index is 895. The van der Waals surface area contributed by atoms with E-state index in [1.165, 1.54) is 31.4 Å². The molecule has 2 heterocycles. The number of anilines is 2. The second-order valence-corrected chi connectivity index (χ2v) is 8.85. The van der Waals surface area contributed by atoms with Crippen LogP contribution >= 0.6 is 12.2 Å². The summed E-state index contributed by atoms with van der Waals surface area (Å²) in [5.74, 6) is 1.59. The van der Waals surface area contributed by atoms with Gasteiger partial charge in [-0.25, -0.2) is 4.39 Å². The zero-order valence-corrected chi connectivity index (χ0v) is 18.8. The van der Waals surface area contributed by atoms with Gasteiger partial charge in [0.15, 0.2) is 5.11 Å². The fourth-order valence-electron chi connectivity index (χ4n) is 4.68. The monoisotopic (exact) mass is 443 g/mol. The van der Waals surface area contributed by atoms with Gasteiger partial charge in [0, 0.05) is 31.1 Å². The molecule has 1 saturated heterocycles. The number of nitrogens with one attached hydrogen (secondary N) is 2. The third-order valence-corrected chi connectivity index (χ3v) is 6.65. The smallest absolute Gasteiger partial charge is 0.234 e. The van der Waals surface area contributed by atoms with Crippen LogP contribution in [-0.2, 0) is 5.41 Å². The molecule has 1 aromatic carbocycles. The number of aromatic nitrogens is 2. The molecule has 1 saturated carbocycles. The number of ether oxygens (including phenoxy) is 1. The molecule has 4 rings (SSSR count). The summed E-state index contributed by atoms with van der Waals surface area (Å²) >= 11 is 5.55. The van der Waals surface area contributed by atoms with E-state index in [0.29, 0.717) is 23.5 Å². The number of halogens is 1. The lowest BCUT2D eigenvalue weighted by atomic mass is 9.79. The molecular formula is C23H30FN5OS. The zero-order chi connectivity index (χ0) is 21.7. The highest BCUT2D eigenvalue weighted by Crippen LogP contribution is 2.40. The molecule has 2 N–H and O–H groups in total. The van der Waals surface area contributed by atoms with Crippen molar-refractivity contribution in [1.82, 2.24) is 15.3 Å². The minimum Gasteiger partial charge on any atom is -0.481 e. The van der Waals surface area contributed by atoms with Crippen LogP contribution in [-0.4, -0.2) is 41.8 Å². The van der Waals surface area contributed by atoms with Gasteiger partial charge >= 0.3 is 0 Å². The minimum absolute atomic E-state index is 0.0341. The molecule has 2 fully saturated rings. The first-order valence-electron chi connectivity index (χ1n) is 11.1. The lowest BCUT2D eigenvalue weighted by Gasteiger charge is -2.30. The van der Waals surface area contributed by atoms with Crippen LogP contribution < -0.4 is 20.3 Å². The number of hydrogen-bond donors (Lipinski definition) is 2. The summed E-state index contributed by atoms with van der Waals surface area (Å²) in [6, 6.07) is 8.75. The van der Waals surface area contributed by atoms with E-state index < -0.39 is 0 Å². The van der Waals surface area contributed by atoms with Crippen molar-refractivity contribution in [3.05, 3.63) is 41.7 Å². The number of piperidine rings is 1. The van der Waals surface area contributed by atoms with Crippen LogP contribution in [0.25, 0.3) is 0 Å². The molecule has 31 heavy (non-hydrogen) atoms. The summed E-state index contributed by atoms with van der Waals surface area (Å²) in [4.78, 5) is 11.3. The van der Waals surface area contributed by atoms with Crippen LogP contribution in [0.15, 0.2) is 30.3 Å². The number of benzene rings is 1. The summed E-state index contributed by atoms with van der Waals surface area (Å²) in [5.41, 5.74) is 1.12. The molecule has 0 amide bonds. The van der Waals surface area contributed by atoms with Crippen molar-refractivity contribution in [1.29, 1.82) is 0 Å². The van der Waals surface area contributed by atoms with Gasteiger partial charge in [0.2, 0.25) is 11.8 Å². The van der Waals surface area contributed by atoms with Gasteiger partial charge in [-0.3, -0.25) is 0 Å². The van der Waals surface area contributed by atoms with Crippen LogP contribution in [0.5, 0.6) is 5.88 Å². The highest BCUT2D eigenvalue weighted by molar-refractivity contribution is 7.80. The second-order valence-electron chi connectivity index (χ2n) is 8.44. The number of nitrogens with zero attached hydrogens (tertiary/aromatic N) is 3. The topological polar surface area (TPSA) is 62.3 Å². The quantitative estimate of drug-likeness (QED) is 0.641. The van der Waals surface area contributed by atoms with Crippen LogP contribution in [0.3, 0.4) is 0 Å². The summed E-state index contributed by atoms with van der Waals surface area (Å²) in [6.45, 7) is 2.67. The summed E-state index contributed by atoms with van der Waals surface area (Å²) < 4.78 is 18.8. The molecule has 1 aliphatic carbocycles. The number of rotatable bonds is 6.